The van der Waals surface area contributed by atoms with Crippen molar-refractivity contribution in [2.75, 3.05) is 185 Å². The first-order valence-electron chi connectivity index (χ1n) is 37.7. The molecule has 2 heterocycles. The maximum atomic E-state index is 10.9. The number of morpholine rings is 1. The number of unbranched alkanes of at least 4 members (excludes halogenated alkanes) is 12. The van der Waals surface area contributed by atoms with Gasteiger partial charge in [0, 0.05) is 89.2 Å². The van der Waals surface area contributed by atoms with Crippen LogP contribution in [0.1, 0.15) is 142 Å². The molecule has 0 unspecified atom stereocenters. The molecule has 5 aromatic rings. The number of nitro benzene ring substituents is 5. The Labute approximate surface area is 617 Å². The first kappa shape index (κ1) is 90.0. The molecule has 580 valence electrons. The van der Waals surface area contributed by atoms with Crippen molar-refractivity contribution in [1.29, 1.82) is 0 Å². The lowest BCUT2D eigenvalue weighted by molar-refractivity contribution is -0.384. The van der Waals surface area contributed by atoms with Gasteiger partial charge in [0.25, 0.3) is 28.4 Å². The lowest BCUT2D eigenvalue weighted by Gasteiger charge is -2.26. The van der Waals surface area contributed by atoms with Crippen LogP contribution in [0.3, 0.4) is 0 Å². The molecule has 0 radical (unpaired) electrons. The molecule has 0 atom stereocenters. The highest BCUT2D eigenvalue weighted by Crippen LogP contribution is 2.28. The van der Waals surface area contributed by atoms with E-state index in [2.05, 4.69) is 74.1 Å². The smallest absolute Gasteiger partial charge is 0.292 e. The summed E-state index contributed by atoms with van der Waals surface area (Å²) in [5.41, 5.74) is 3.71. The predicted octanol–water partition coefficient (Wildman–Crippen LogP) is 14.7. The molecule has 0 saturated carbocycles. The summed E-state index contributed by atoms with van der Waals surface area (Å²) in [6, 6.07) is 33.8. The number of likely N-dealkylation sites (tertiary alicyclic amines) is 1. The molecular formula is C76H123N15O13. The Morgan fingerprint density at radius 3 is 0.933 bits per heavy atom. The highest BCUT2D eigenvalue weighted by Gasteiger charge is 2.17. The van der Waals surface area contributed by atoms with Gasteiger partial charge in [0.15, 0.2) is 0 Å². The number of aliphatic hydroxyl groups excluding tert-OH is 2. The summed E-state index contributed by atoms with van der Waals surface area (Å²) in [5.74, 6) is 0. The van der Waals surface area contributed by atoms with Crippen LogP contribution >= 0.6 is 0 Å². The normalized spacial score (nSPS) is 12.8. The zero-order valence-electron chi connectivity index (χ0n) is 62.6. The van der Waals surface area contributed by atoms with E-state index < -0.39 is 0 Å². The number of piperidine rings is 1. The fraction of sp³-hybridized carbons (Fsp3) is 0.605. The van der Waals surface area contributed by atoms with E-state index >= 15 is 0 Å². The minimum atomic E-state index is -0.385. The number of nitro groups is 5. The molecule has 7 rings (SSSR count). The molecule has 5 aromatic carbocycles. The standard InChI is InChI=1S/C16H25N3O3.C16H25N3O2.C15H25N3O4.C15H25N3O2.C14H23N3O2/c20-19(21)16-8-4-3-7-15(16)17-9-5-1-2-6-10-18-11-13-22-14-12-18;20-19(21)16-10-4-3-9-15(16)17-11-5-1-6-12-18-13-7-2-8-14-18;19-12-10-17(11-13-20)9-5-1-4-8-16-14-6-2-3-7-15(14)18(21)22;1-3-17(4-2)13-9-5-8-12-16-14-10-6-7-11-15(14)18(19)20;1-16(2)12-8-4-3-7-11-15-13-9-5-6-10-14(13)17(18)19/h3-4,7-8,17H,1-2,5-6,9-14H2;3-4,9-10,17H,1-2,5-8,11-14H2;2-3,6-7,16,19-20H,1,4-5,8-13H2;6-7,10-11,16H,3-5,8-9,12-13H2,1-2H3;5-6,9-10,15H,3-4,7-8,11-12H2,1-2H3. The van der Waals surface area contributed by atoms with Gasteiger partial charge in [0.05, 0.1) is 51.0 Å². The van der Waals surface area contributed by atoms with E-state index in [1.165, 1.54) is 108 Å². The molecule has 0 aliphatic carbocycles. The van der Waals surface area contributed by atoms with Gasteiger partial charge in [-0.15, -0.1) is 0 Å². The molecule has 0 aromatic heterocycles. The Bertz CT molecular complexity index is 3080. The van der Waals surface area contributed by atoms with Gasteiger partial charge in [-0.2, -0.15) is 0 Å². The van der Waals surface area contributed by atoms with Crippen molar-refractivity contribution in [3.8, 4) is 0 Å². The van der Waals surface area contributed by atoms with E-state index in [-0.39, 0.29) is 66.3 Å². The average Bonchev–Trinajstić information content (AvgIpc) is 0.907. The van der Waals surface area contributed by atoms with Crippen molar-refractivity contribution in [2.24, 2.45) is 0 Å². The van der Waals surface area contributed by atoms with Gasteiger partial charge in [-0.05, 0) is 180 Å². The van der Waals surface area contributed by atoms with Crippen molar-refractivity contribution >= 4 is 56.9 Å². The van der Waals surface area contributed by atoms with Gasteiger partial charge in [0.1, 0.15) is 28.4 Å². The highest BCUT2D eigenvalue weighted by molar-refractivity contribution is 5.64. The SMILES string of the molecule is CCN(CC)CCCCCNc1ccccc1[N+](=O)[O-].CN(C)CCCCCCNc1ccccc1[N+](=O)[O-].O=[N+]([O-])c1ccccc1NCCCCCCN1CCOCC1.O=[N+]([O-])c1ccccc1NCCCCCN(CCO)CCO.O=[N+]([O-])c1ccccc1NCCCCCN1CCCCC1. The molecule has 2 fully saturated rings. The molecule has 2 aliphatic rings. The number of anilines is 5. The number of ether oxygens (including phenoxy) is 1. The largest absolute Gasteiger partial charge is 0.395 e. The number of hydrogen-bond acceptors (Lipinski definition) is 23. The van der Waals surface area contributed by atoms with Crippen LogP contribution in [0.25, 0.3) is 0 Å². The van der Waals surface area contributed by atoms with Crippen LogP contribution in [0.15, 0.2) is 121 Å². The zero-order chi connectivity index (χ0) is 75.6. The molecule has 2 saturated heterocycles. The lowest BCUT2D eigenvalue weighted by atomic mass is 10.1. The van der Waals surface area contributed by atoms with Gasteiger partial charge in [-0.25, -0.2) is 0 Å². The molecule has 28 heteroatoms. The molecule has 7 N–H and O–H groups in total. The second kappa shape index (κ2) is 58.1. The van der Waals surface area contributed by atoms with E-state index in [0.717, 1.165) is 156 Å². The van der Waals surface area contributed by atoms with Crippen molar-refractivity contribution in [1.82, 2.24) is 24.5 Å². The maximum Gasteiger partial charge on any atom is 0.292 e. The van der Waals surface area contributed by atoms with Gasteiger partial charge in [-0.1, -0.05) is 126 Å². The summed E-state index contributed by atoms with van der Waals surface area (Å²) in [6.45, 7) is 23.5. The van der Waals surface area contributed by atoms with E-state index in [1.807, 2.05) is 29.2 Å². The maximum absolute atomic E-state index is 10.9. The fourth-order valence-corrected chi connectivity index (χ4v) is 11.8. The summed E-state index contributed by atoms with van der Waals surface area (Å²) in [7, 11) is 4.16. The van der Waals surface area contributed by atoms with Crippen LogP contribution in [0, 0.1) is 50.6 Å². The molecule has 104 heavy (non-hydrogen) atoms. The van der Waals surface area contributed by atoms with E-state index in [0.29, 0.717) is 48.1 Å². The minimum absolute atomic E-state index is 0.0965. The summed E-state index contributed by atoms with van der Waals surface area (Å²) in [6.07, 6.45) is 23.0. The van der Waals surface area contributed by atoms with Crippen LogP contribution < -0.4 is 26.6 Å². The molecular weight excluding hydrogens is 1330 g/mol. The van der Waals surface area contributed by atoms with Crippen LogP contribution in [0.2, 0.25) is 0 Å². The van der Waals surface area contributed by atoms with Crippen LogP contribution in [0.5, 0.6) is 0 Å². The molecule has 0 spiro atoms. The fourth-order valence-electron chi connectivity index (χ4n) is 11.8. The number of rotatable bonds is 48. The summed E-state index contributed by atoms with van der Waals surface area (Å²) in [5, 5.41) is 87.9. The summed E-state index contributed by atoms with van der Waals surface area (Å²) in [4.78, 5) is 64.2. The van der Waals surface area contributed by atoms with Gasteiger partial charge in [0.2, 0.25) is 0 Å². The number of hydrogen-bond donors (Lipinski definition) is 7. The predicted molar refractivity (Wildman–Crippen MR) is 421 cm³/mol. The van der Waals surface area contributed by atoms with Gasteiger partial charge < -0.3 is 56.2 Å². The van der Waals surface area contributed by atoms with E-state index in [4.69, 9.17) is 14.9 Å². The molecule has 0 bridgehead atoms. The van der Waals surface area contributed by atoms with Crippen molar-refractivity contribution in [3.05, 3.63) is 172 Å². The van der Waals surface area contributed by atoms with Gasteiger partial charge in [-0.3, -0.25) is 60.4 Å². The quantitative estimate of drug-likeness (QED) is 0.0108. The topological polar surface area (TPSA) is 342 Å². The lowest BCUT2D eigenvalue weighted by Crippen LogP contribution is -2.36. The third kappa shape index (κ3) is 41.3. The second-order valence-corrected chi connectivity index (χ2v) is 26.0. The number of benzene rings is 5. The Balaban J connectivity index is 0.000000338. The first-order valence-corrected chi connectivity index (χ1v) is 37.7. The Hall–Kier alpha value is -8.22. The molecule has 28 nitrogen and oxygen atoms in total. The van der Waals surface area contributed by atoms with Crippen LogP contribution in [-0.2, 0) is 4.74 Å². The van der Waals surface area contributed by atoms with E-state index in [9.17, 15) is 50.6 Å². The Morgan fingerprint density at radius 1 is 0.356 bits per heavy atom. The number of nitrogens with one attached hydrogen (secondary N) is 5. The summed E-state index contributed by atoms with van der Waals surface area (Å²) < 4.78 is 5.33. The van der Waals surface area contributed by atoms with Crippen molar-refractivity contribution in [2.45, 2.75) is 142 Å². The number of para-hydroxylation sites is 10. The molecule has 0 amide bonds. The van der Waals surface area contributed by atoms with Crippen molar-refractivity contribution < 1.29 is 39.6 Å². The monoisotopic (exact) mass is 1450 g/mol. The van der Waals surface area contributed by atoms with Crippen LogP contribution in [-0.4, -0.2) is 218 Å². The van der Waals surface area contributed by atoms with Gasteiger partial charge >= 0.3 is 0 Å². The zero-order valence-corrected chi connectivity index (χ0v) is 62.6. The third-order valence-corrected chi connectivity index (χ3v) is 17.7. The number of nitrogens with zero attached hydrogens (tertiary/aromatic N) is 10. The molecule has 2 aliphatic heterocycles. The average molecular weight is 1450 g/mol. The Morgan fingerprint density at radius 2 is 0.625 bits per heavy atom. The van der Waals surface area contributed by atoms with E-state index in [1.54, 1.807) is 72.8 Å². The first-order chi connectivity index (χ1) is 50.5. The summed E-state index contributed by atoms with van der Waals surface area (Å²) >= 11 is 0. The Kier molecular flexibility index (Phi) is 50.3. The highest BCUT2D eigenvalue weighted by atomic mass is 16.6. The van der Waals surface area contributed by atoms with Crippen LogP contribution in [0.4, 0.5) is 56.9 Å². The third-order valence-electron chi connectivity index (χ3n) is 17.7. The number of aliphatic hydroxyl groups is 2. The second-order valence-electron chi connectivity index (χ2n) is 26.0. The minimum Gasteiger partial charge on any atom is -0.395 e. The van der Waals surface area contributed by atoms with Crippen molar-refractivity contribution in [3.63, 3.8) is 0 Å².